The lowest BCUT2D eigenvalue weighted by Crippen LogP contribution is -2.11. The monoisotopic (exact) mass is 294 g/mol. The van der Waals surface area contributed by atoms with Crippen LogP contribution >= 0.6 is 0 Å². The third-order valence-corrected chi connectivity index (χ3v) is 2.99. The molecular formula is C13H14N2O4S. The first-order valence-corrected chi connectivity index (χ1v) is 7.69. The van der Waals surface area contributed by atoms with Crippen molar-refractivity contribution in [3.05, 3.63) is 43.0 Å². The van der Waals surface area contributed by atoms with Crippen LogP contribution in [0.3, 0.4) is 0 Å². The predicted molar refractivity (Wildman–Crippen MR) is 73.8 cm³/mol. The Hall–Kier alpha value is -1.99. The smallest absolute Gasteiger partial charge is 0.264 e. The van der Waals surface area contributed by atoms with Crippen molar-refractivity contribution < 1.29 is 17.3 Å². The zero-order valence-corrected chi connectivity index (χ0v) is 11.7. The fourth-order valence-electron chi connectivity index (χ4n) is 1.61. The first kappa shape index (κ1) is 14.4. The van der Waals surface area contributed by atoms with E-state index >= 15 is 0 Å². The average Bonchev–Trinajstić information content (AvgIpc) is 2.44. The van der Waals surface area contributed by atoms with Crippen molar-refractivity contribution >= 4 is 10.1 Å². The molecule has 7 heteroatoms. The second-order valence-corrected chi connectivity index (χ2v) is 5.64. The fraction of sp³-hybridized carbons (Fsp3) is 0.231. The molecule has 0 fully saturated rings. The molecule has 0 atom stereocenters. The molecule has 0 radical (unpaired) electrons. The van der Waals surface area contributed by atoms with Crippen molar-refractivity contribution in [2.45, 2.75) is 0 Å². The molecule has 0 saturated heterocycles. The molecule has 0 saturated carbocycles. The minimum absolute atomic E-state index is 0.0293. The van der Waals surface area contributed by atoms with Crippen molar-refractivity contribution in [2.24, 2.45) is 0 Å². The van der Waals surface area contributed by atoms with Crippen molar-refractivity contribution in [3.63, 3.8) is 0 Å². The number of ether oxygens (including phenoxy) is 1. The molecule has 106 valence electrons. The molecule has 1 aromatic heterocycles. The first-order chi connectivity index (χ1) is 9.56. The van der Waals surface area contributed by atoms with Gasteiger partial charge in [0.05, 0.1) is 6.26 Å². The van der Waals surface area contributed by atoms with Crippen LogP contribution in [0.5, 0.6) is 5.75 Å². The predicted octanol–water partition coefficient (Wildman–Crippen LogP) is 1.50. The number of para-hydroxylation sites is 1. The van der Waals surface area contributed by atoms with E-state index in [0.29, 0.717) is 5.75 Å². The van der Waals surface area contributed by atoms with Gasteiger partial charge in [-0.15, -0.1) is 0 Å². The third-order valence-electron chi connectivity index (χ3n) is 2.40. The van der Waals surface area contributed by atoms with E-state index in [0.717, 1.165) is 17.4 Å². The Morgan fingerprint density at radius 3 is 2.50 bits per heavy atom. The Labute approximate surface area is 117 Å². The van der Waals surface area contributed by atoms with Gasteiger partial charge in [-0.05, 0) is 6.07 Å². The van der Waals surface area contributed by atoms with E-state index in [1.54, 1.807) is 18.5 Å². The maximum absolute atomic E-state index is 10.8. The van der Waals surface area contributed by atoms with E-state index in [4.69, 9.17) is 4.74 Å². The Bertz CT molecular complexity index is 659. The normalized spacial score (nSPS) is 11.2. The lowest BCUT2D eigenvalue weighted by Gasteiger charge is -2.10. The van der Waals surface area contributed by atoms with Crippen molar-refractivity contribution in [1.82, 2.24) is 9.97 Å². The number of rotatable bonds is 6. The van der Waals surface area contributed by atoms with Gasteiger partial charge in [0.25, 0.3) is 10.1 Å². The Morgan fingerprint density at radius 2 is 1.80 bits per heavy atom. The number of hydrogen-bond acceptors (Lipinski definition) is 6. The molecule has 1 heterocycles. The number of benzene rings is 1. The van der Waals surface area contributed by atoms with Crippen LogP contribution in [0.25, 0.3) is 11.1 Å². The summed E-state index contributed by atoms with van der Waals surface area (Å²) in [5.41, 5.74) is 1.67. The SMILES string of the molecule is CS(=O)(=O)OCCOc1ccccc1-c1cncnc1. The summed E-state index contributed by atoms with van der Waals surface area (Å²) >= 11 is 0. The van der Waals surface area contributed by atoms with Gasteiger partial charge in [0.2, 0.25) is 0 Å². The molecule has 0 spiro atoms. The minimum Gasteiger partial charge on any atom is -0.490 e. The summed E-state index contributed by atoms with van der Waals surface area (Å²) in [5.74, 6) is 0.624. The Kier molecular flexibility index (Phi) is 4.65. The molecule has 0 amide bonds. The molecule has 1 aromatic carbocycles. The highest BCUT2D eigenvalue weighted by atomic mass is 32.2. The summed E-state index contributed by atoms with van der Waals surface area (Å²) in [5, 5.41) is 0. The molecule has 0 aliphatic carbocycles. The molecular weight excluding hydrogens is 280 g/mol. The Morgan fingerprint density at radius 1 is 1.10 bits per heavy atom. The van der Waals surface area contributed by atoms with Crippen LogP contribution in [0.15, 0.2) is 43.0 Å². The van der Waals surface area contributed by atoms with Crippen LogP contribution in [0.4, 0.5) is 0 Å². The summed E-state index contributed by atoms with van der Waals surface area (Å²) in [6.07, 6.45) is 5.82. The van der Waals surface area contributed by atoms with E-state index in [-0.39, 0.29) is 13.2 Å². The zero-order chi connectivity index (χ0) is 14.4. The zero-order valence-electron chi connectivity index (χ0n) is 10.9. The van der Waals surface area contributed by atoms with E-state index in [9.17, 15) is 8.42 Å². The van der Waals surface area contributed by atoms with Crippen molar-refractivity contribution in [3.8, 4) is 16.9 Å². The molecule has 2 aromatic rings. The van der Waals surface area contributed by atoms with Crippen LogP contribution in [0, 0.1) is 0 Å². The third kappa shape index (κ3) is 4.29. The van der Waals surface area contributed by atoms with Crippen LogP contribution in [0.2, 0.25) is 0 Å². The minimum atomic E-state index is -3.44. The Balaban J connectivity index is 2.06. The highest BCUT2D eigenvalue weighted by Gasteiger charge is 2.07. The topological polar surface area (TPSA) is 78.4 Å². The van der Waals surface area contributed by atoms with Crippen molar-refractivity contribution in [2.75, 3.05) is 19.5 Å². The number of hydrogen-bond donors (Lipinski definition) is 0. The lowest BCUT2D eigenvalue weighted by molar-refractivity contribution is 0.223. The van der Waals surface area contributed by atoms with Crippen LogP contribution in [-0.2, 0) is 14.3 Å². The highest BCUT2D eigenvalue weighted by molar-refractivity contribution is 7.85. The summed E-state index contributed by atoms with van der Waals surface area (Å²) in [7, 11) is -3.44. The van der Waals surface area contributed by atoms with Gasteiger partial charge in [-0.2, -0.15) is 8.42 Å². The van der Waals surface area contributed by atoms with Crippen LogP contribution < -0.4 is 4.74 Å². The van der Waals surface area contributed by atoms with Gasteiger partial charge >= 0.3 is 0 Å². The summed E-state index contributed by atoms with van der Waals surface area (Å²) in [4.78, 5) is 7.92. The van der Waals surface area contributed by atoms with E-state index in [1.807, 2.05) is 18.2 Å². The largest absolute Gasteiger partial charge is 0.490 e. The van der Waals surface area contributed by atoms with Gasteiger partial charge in [-0.25, -0.2) is 9.97 Å². The molecule has 0 aliphatic rings. The summed E-state index contributed by atoms with van der Waals surface area (Å²) in [6, 6.07) is 7.39. The average molecular weight is 294 g/mol. The standard InChI is InChI=1S/C13H14N2O4S/c1-20(16,17)19-7-6-18-13-5-3-2-4-12(13)11-8-14-10-15-9-11/h2-5,8-10H,6-7H2,1H3. The highest BCUT2D eigenvalue weighted by Crippen LogP contribution is 2.28. The van der Waals surface area contributed by atoms with Gasteiger partial charge in [-0.1, -0.05) is 18.2 Å². The summed E-state index contributed by atoms with van der Waals surface area (Å²) < 4.78 is 31.8. The molecule has 0 aliphatic heterocycles. The van der Waals surface area contributed by atoms with Gasteiger partial charge in [0, 0.05) is 23.5 Å². The molecule has 0 N–H and O–H groups in total. The van der Waals surface area contributed by atoms with Gasteiger partial charge in [0.1, 0.15) is 25.3 Å². The second-order valence-electron chi connectivity index (χ2n) is 4.00. The molecule has 6 nitrogen and oxygen atoms in total. The summed E-state index contributed by atoms with van der Waals surface area (Å²) in [6.45, 7) is 0.107. The van der Waals surface area contributed by atoms with E-state index < -0.39 is 10.1 Å². The van der Waals surface area contributed by atoms with E-state index in [1.165, 1.54) is 6.33 Å². The molecule has 0 bridgehead atoms. The fourth-order valence-corrected chi connectivity index (χ4v) is 1.98. The van der Waals surface area contributed by atoms with Crippen LogP contribution in [-0.4, -0.2) is 37.9 Å². The lowest BCUT2D eigenvalue weighted by atomic mass is 10.1. The number of aromatic nitrogens is 2. The van der Waals surface area contributed by atoms with E-state index in [2.05, 4.69) is 14.2 Å². The molecule has 2 rings (SSSR count). The maximum atomic E-state index is 10.8. The van der Waals surface area contributed by atoms with Crippen LogP contribution in [0.1, 0.15) is 0 Å². The quantitative estimate of drug-likeness (QED) is 0.593. The number of nitrogens with zero attached hydrogens (tertiary/aromatic N) is 2. The van der Waals surface area contributed by atoms with Gasteiger partial charge < -0.3 is 4.74 Å². The molecule has 20 heavy (non-hydrogen) atoms. The van der Waals surface area contributed by atoms with Gasteiger partial charge in [-0.3, -0.25) is 4.18 Å². The molecule has 0 unspecified atom stereocenters. The van der Waals surface area contributed by atoms with Gasteiger partial charge in [0.15, 0.2) is 0 Å². The maximum Gasteiger partial charge on any atom is 0.264 e. The van der Waals surface area contributed by atoms with Crippen molar-refractivity contribution in [1.29, 1.82) is 0 Å². The second kappa shape index (κ2) is 6.44. The first-order valence-electron chi connectivity index (χ1n) is 5.88.